The van der Waals surface area contributed by atoms with Crippen molar-refractivity contribution in [2.24, 2.45) is 0 Å². The fraction of sp³-hybridized carbons (Fsp3) is 0.231. The van der Waals surface area contributed by atoms with Crippen LogP contribution in [0, 0.1) is 5.82 Å². The Kier molecular flexibility index (Phi) is 5.69. The molecule has 1 fully saturated rings. The van der Waals surface area contributed by atoms with E-state index in [1.54, 1.807) is 30.2 Å². The fourth-order valence-corrected chi connectivity index (χ4v) is 4.43. The topological polar surface area (TPSA) is 59.4 Å². The molecule has 2 heterocycles. The second-order valence-electron chi connectivity index (χ2n) is 8.19. The standard InChI is InChI=1S/C26H25FN4O2/c1-33-20-14-12-18(13-15-20)25-21-8-2-5-11-24(21)31(29-25)19-7-6-16-30(17-19)26(32)28-23-10-4-3-9-22(23)27/h2-5,8-15,19H,6-7,16-17H2,1H3,(H,28,32). The Labute approximate surface area is 191 Å². The summed E-state index contributed by atoms with van der Waals surface area (Å²) in [6.07, 6.45) is 1.76. The molecule has 168 valence electrons. The van der Waals surface area contributed by atoms with Crippen molar-refractivity contribution in [3.05, 3.63) is 78.6 Å². The van der Waals surface area contributed by atoms with E-state index < -0.39 is 5.82 Å². The van der Waals surface area contributed by atoms with Crippen LogP contribution in [0.15, 0.2) is 72.8 Å². The van der Waals surface area contributed by atoms with Crippen molar-refractivity contribution in [3.8, 4) is 17.0 Å². The van der Waals surface area contributed by atoms with Gasteiger partial charge in [-0.3, -0.25) is 4.68 Å². The molecule has 1 aromatic heterocycles. The number of para-hydroxylation sites is 2. The number of amides is 2. The average molecular weight is 445 g/mol. The van der Waals surface area contributed by atoms with Crippen molar-refractivity contribution < 1.29 is 13.9 Å². The third-order valence-electron chi connectivity index (χ3n) is 6.12. The molecule has 0 bridgehead atoms. The van der Waals surface area contributed by atoms with Crippen LogP contribution < -0.4 is 10.1 Å². The van der Waals surface area contributed by atoms with Crippen LogP contribution in [0.25, 0.3) is 22.2 Å². The van der Waals surface area contributed by atoms with Crippen molar-refractivity contribution in [3.63, 3.8) is 0 Å². The minimum absolute atomic E-state index is 0.0296. The van der Waals surface area contributed by atoms with E-state index in [0.717, 1.165) is 40.8 Å². The molecule has 4 aromatic rings. The molecular formula is C26H25FN4O2. The van der Waals surface area contributed by atoms with Crippen LogP contribution in [0.5, 0.6) is 5.75 Å². The lowest BCUT2D eigenvalue weighted by Crippen LogP contribution is -2.43. The fourth-order valence-electron chi connectivity index (χ4n) is 4.43. The molecule has 5 rings (SSSR count). The van der Waals surface area contributed by atoms with Gasteiger partial charge in [-0.1, -0.05) is 30.3 Å². The smallest absolute Gasteiger partial charge is 0.321 e. The number of likely N-dealkylation sites (tertiary alicyclic amines) is 1. The number of methoxy groups -OCH3 is 1. The van der Waals surface area contributed by atoms with Crippen LogP contribution >= 0.6 is 0 Å². The Morgan fingerprint density at radius 3 is 2.61 bits per heavy atom. The van der Waals surface area contributed by atoms with Crippen LogP contribution in [0.1, 0.15) is 18.9 Å². The summed E-state index contributed by atoms with van der Waals surface area (Å²) in [5, 5.41) is 8.75. The summed E-state index contributed by atoms with van der Waals surface area (Å²) in [6.45, 7) is 1.13. The van der Waals surface area contributed by atoms with Crippen LogP contribution in [0.2, 0.25) is 0 Å². The van der Waals surface area contributed by atoms with Crippen LogP contribution in [0.3, 0.4) is 0 Å². The number of urea groups is 1. The average Bonchev–Trinajstić information content (AvgIpc) is 3.25. The molecule has 0 aliphatic carbocycles. The first-order valence-electron chi connectivity index (χ1n) is 11.1. The number of aromatic nitrogens is 2. The highest BCUT2D eigenvalue weighted by molar-refractivity contribution is 5.93. The van der Waals surface area contributed by atoms with Crippen molar-refractivity contribution >= 4 is 22.6 Å². The third kappa shape index (κ3) is 4.14. The van der Waals surface area contributed by atoms with Crippen molar-refractivity contribution in [1.82, 2.24) is 14.7 Å². The molecule has 0 radical (unpaired) electrons. The molecular weight excluding hydrogens is 419 g/mol. The zero-order valence-electron chi connectivity index (χ0n) is 18.4. The second-order valence-corrected chi connectivity index (χ2v) is 8.19. The minimum atomic E-state index is -0.443. The quantitative estimate of drug-likeness (QED) is 0.438. The highest BCUT2D eigenvalue weighted by Crippen LogP contribution is 2.33. The van der Waals surface area contributed by atoms with Gasteiger partial charge in [-0.2, -0.15) is 5.10 Å². The van der Waals surface area contributed by atoms with E-state index in [9.17, 15) is 9.18 Å². The molecule has 3 aromatic carbocycles. The number of piperidine rings is 1. The molecule has 1 saturated heterocycles. The van der Waals surface area contributed by atoms with Gasteiger partial charge >= 0.3 is 6.03 Å². The number of fused-ring (bicyclic) bond motifs is 1. The number of nitrogens with one attached hydrogen (secondary N) is 1. The van der Waals surface area contributed by atoms with E-state index in [1.807, 2.05) is 41.1 Å². The number of anilines is 1. The number of benzene rings is 3. The summed E-state index contributed by atoms with van der Waals surface area (Å²) >= 11 is 0. The molecule has 0 saturated carbocycles. The van der Waals surface area contributed by atoms with E-state index in [1.165, 1.54) is 6.07 Å². The van der Waals surface area contributed by atoms with Gasteiger partial charge in [0.05, 0.1) is 24.4 Å². The second kappa shape index (κ2) is 8.94. The molecule has 33 heavy (non-hydrogen) atoms. The SMILES string of the molecule is COc1ccc(-c2nn(C3CCCN(C(=O)Nc4ccccc4F)C3)c3ccccc23)cc1. The summed E-state index contributed by atoms with van der Waals surface area (Å²) < 4.78 is 21.3. The Morgan fingerprint density at radius 1 is 1.06 bits per heavy atom. The van der Waals surface area contributed by atoms with Gasteiger partial charge in [0.15, 0.2) is 0 Å². The Bertz CT molecular complexity index is 1290. The predicted molar refractivity (Wildman–Crippen MR) is 127 cm³/mol. The van der Waals surface area contributed by atoms with Gasteiger partial charge in [-0.05, 0) is 55.3 Å². The highest BCUT2D eigenvalue weighted by Gasteiger charge is 2.27. The van der Waals surface area contributed by atoms with Gasteiger partial charge in [0.1, 0.15) is 17.3 Å². The van der Waals surface area contributed by atoms with Crippen molar-refractivity contribution in [1.29, 1.82) is 0 Å². The van der Waals surface area contributed by atoms with Crippen molar-refractivity contribution in [2.75, 3.05) is 25.5 Å². The molecule has 1 unspecified atom stereocenters. The number of ether oxygens (including phenoxy) is 1. The zero-order valence-corrected chi connectivity index (χ0v) is 18.4. The summed E-state index contributed by atoms with van der Waals surface area (Å²) in [7, 11) is 1.65. The lowest BCUT2D eigenvalue weighted by atomic mass is 10.1. The molecule has 1 aliphatic heterocycles. The maximum absolute atomic E-state index is 14.0. The molecule has 1 aliphatic rings. The van der Waals surface area contributed by atoms with Crippen LogP contribution in [0.4, 0.5) is 14.9 Å². The van der Waals surface area contributed by atoms with Gasteiger partial charge in [-0.25, -0.2) is 9.18 Å². The number of nitrogens with zero attached hydrogens (tertiary/aromatic N) is 3. The van der Waals surface area contributed by atoms with E-state index in [2.05, 4.69) is 17.4 Å². The monoisotopic (exact) mass is 444 g/mol. The van der Waals surface area contributed by atoms with E-state index in [-0.39, 0.29) is 17.8 Å². The Balaban J connectivity index is 1.43. The van der Waals surface area contributed by atoms with Gasteiger partial charge in [0, 0.05) is 24.0 Å². The first-order chi connectivity index (χ1) is 16.1. The summed E-state index contributed by atoms with van der Waals surface area (Å²) in [4.78, 5) is 14.6. The number of rotatable bonds is 4. The largest absolute Gasteiger partial charge is 0.497 e. The van der Waals surface area contributed by atoms with E-state index in [0.29, 0.717) is 13.1 Å². The molecule has 7 heteroatoms. The van der Waals surface area contributed by atoms with Gasteiger partial charge in [0.25, 0.3) is 0 Å². The molecule has 1 atom stereocenters. The lowest BCUT2D eigenvalue weighted by Gasteiger charge is -2.33. The number of halogens is 1. The third-order valence-corrected chi connectivity index (χ3v) is 6.12. The highest BCUT2D eigenvalue weighted by atomic mass is 19.1. The first kappa shape index (κ1) is 21.0. The van der Waals surface area contributed by atoms with E-state index >= 15 is 0 Å². The Hall–Kier alpha value is -3.87. The molecule has 6 nitrogen and oxygen atoms in total. The number of carbonyl (C=O) groups excluding carboxylic acids is 1. The van der Waals surface area contributed by atoms with Gasteiger partial charge in [-0.15, -0.1) is 0 Å². The summed E-state index contributed by atoms with van der Waals surface area (Å²) in [6, 6.07) is 22.0. The van der Waals surface area contributed by atoms with Gasteiger partial charge in [0.2, 0.25) is 0 Å². The summed E-state index contributed by atoms with van der Waals surface area (Å²) in [5.74, 6) is 0.355. The maximum Gasteiger partial charge on any atom is 0.321 e. The van der Waals surface area contributed by atoms with Crippen LogP contribution in [-0.2, 0) is 0 Å². The molecule has 1 N–H and O–H groups in total. The van der Waals surface area contributed by atoms with Gasteiger partial charge < -0.3 is 15.0 Å². The van der Waals surface area contributed by atoms with E-state index in [4.69, 9.17) is 9.84 Å². The summed E-state index contributed by atoms with van der Waals surface area (Å²) in [5.41, 5.74) is 3.14. The molecule has 2 amide bonds. The molecule has 0 spiro atoms. The maximum atomic E-state index is 14.0. The first-order valence-corrected chi connectivity index (χ1v) is 11.1. The number of carbonyl (C=O) groups is 1. The predicted octanol–water partition coefficient (Wildman–Crippen LogP) is 5.72. The number of hydrogen-bond acceptors (Lipinski definition) is 3. The normalized spacial score (nSPS) is 16.1. The van der Waals surface area contributed by atoms with Crippen LogP contribution in [-0.4, -0.2) is 40.9 Å². The lowest BCUT2D eigenvalue weighted by molar-refractivity contribution is 0.176. The Morgan fingerprint density at radius 2 is 1.82 bits per heavy atom. The number of hydrogen-bond donors (Lipinski definition) is 1. The zero-order chi connectivity index (χ0) is 22.8. The minimum Gasteiger partial charge on any atom is -0.497 e. The van der Waals surface area contributed by atoms with Crippen molar-refractivity contribution in [2.45, 2.75) is 18.9 Å².